The molecule has 39 heavy (non-hydrogen) atoms. The summed E-state index contributed by atoms with van der Waals surface area (Å²) in [5, 5.41) is 10.1. The summed E-state index contributed by atoms with van der Waals surface area (Å²) in [6.07, 6.45) is 19.6. The minimum absolute atomic E-state index is 0.150. The second kappa shape index (κ2) is 22.9. The van der Waals surface area contributed by atoms with E-state index in [-0.39, 0.29) is 19.2 Å². The van der Waals surface area contributed by atoms with Crippen molar-refractivity contribution in [2.45, 2.75) is 149 Å². The van der Waals surface area contributed by atoms with E-state index in [0.29, 0.717) is 12.3 Å². The van der Waals surface area contributed by atoms with E-state index in [1.165, 1.54) is 82.6 Å². The summed E-state index contributed by atoms with van der Waals surface area (Å²) in [4.78, 5) is 24.3. The van der Waals surface area contributed by atoms with Crippen LogP contribution < -0.4 is 0 Å². The lowest BCUT2D eigenvalue weighted by atomic mass is 9.97. The van der Waals surface area contributed by atoms with Crippen molar-refractivity contribution < 1.29 is 24.2 Å². The number of rotatable bonds is 24. The Morgan fingerprint density at radius 3 is 1.64 bits per heavy atom. The number of hydrogen-bond donors (Lipinski definition) is 1. The lowest BCUT2D eigenvalue weighted by Gasteiger charge is -2.15. The van der Waals surface area contributed by atoms with E-state index < -0.39 is 18.0 Å². The zero-order chi connectivity index (χ0) is 28.7. The molecule has 0 aliphatic rings. The van der Waals surface area contributed by atoms with Crippen LogP contribution >= 0.6 is 0 Å². The zero-order valence-electron chi connectivity index (χ0n) is 25.6. The van der Waals surface area contributed by atoms with Gasteiger partial charge in [-0.05, 0) is 36.8 Å². The molecular weight excluding hydrogens is 488 g/mol. The van der Waals surface area contributed by atoms with Crippen molar-refractivity contribution in [3.8, 4) is 0 Å². The first kappa shape index (κ1) is 35.1. The van der Waals surface area contributed by atoms with E-state index in [1.54, 1.807) is 6.92 Å². The van der Waals surface area contributed by atoms with Gasteiger partial charge in [-0.2, -0.15) is 0 Å². The minimum Gasteiger partial charge on any atom is -0.463 e. The summed E-state index contributed by atoms with van der Waals surface area (Å²) < 4.78 is 10.4. The second-order valence-corrected chi connectivity index (χ2v) is 11.7. The predicted octanol–water partition coefficient (Wildman–Crippen LogP) is 8.70. The molecule has 2 atom stereocenters. The van der Waals surface area contributed by atoms with E-state index in [1.807, 2.05) is 24.3 Å². The molecule has 0 aromatic heterocycles. The number of benzene rings is 1. The highest BCUT2D eigenvalue weighted by Gasteiger charge is 2.19. The molecular formula is C34H58O5. The molecule has 0 spiro atoms. The third kappa shape index (κ3) is 18.9. The summed E-state index contributed by atoms with van der Waals surface area (Å²) in [5.74, 6) is -0.532. The fourth-order valence-corrected chi connectivity index (χ4v) is 4.80. The van der Waals surface area contributed by atoms with Gasteiger partial charge >= 0.3 is 11.9 Å². The van der Waals surface area contributed by atoms with Crippen LogP contribution in [-0.2, 0) is 25.5 Å². The van der Waals surface area contributed by atoms with Crippen LogP contribution in [0.2, 0.25) is 0 Å². The van der Waals surface area contributed by atoms with Crippen LogP contribution in [0.15, 0.2) is 24.3 Å². The monoisotopic (exact) mass is 546 g/mol. The Morgan fingerprint density at radius 1 is 0.692 bits per heavy atom. The van der Waals surface area contributed by atoms with E-state index in [4.69, 9.17) is 9.47 Å². The van der Waals surface area contributed by atoms with Crippen LogP contribution in [0.3, 0.4) is 0 Å². The van der Waals surface area contributed by atoms with Crippen LogP contribution in [0, 0.1) is 5.92 Å². The molecule has 0 saturated heterocycles. The van der Waals surface area contributed by atoms with Crippen molar-refractivity contribution in [3.63, 3.8) is 0 Å². The average molecular weight is 547 g/mol. The number of hydrogen-bond acceptors (Lipinski definition) is 5. The molecule has 0 radical (unpaired) electrons. The van der Waals surface area contributed by atoms with Gasteiger partial charge in [-0.3, -0.25) is 9.59 Å². The Balaban J connectivity index is 1.99. The summed E-state index contributed by atoms with van der Waals surface area (Å²) >= 11 is 0. The van der Waals surface area contributed by atoms with Crippen molar-refractivity contribution >= 4 is 11.9 Å². The zero-order valence-corrected chi connectivity index (χ0v) is 25.6. The van der Waals surface area contributed by atoms with Crippen LogP contribution in [0.4, 0.5) is 0 Å². The maximum atomic E-state index is 12.4. The van der Waals surface area contributed by atoms with E-state index >= 15 is 0 Å². The Kier molecular flexibility index (Phi) is 20.6. The maximum Gasteiger partial charge on any atom is 0.313 e. The molecule has 5 nitrogen and oxygen atoms in total. The molecule has 224 valence electrons. The van der Waals surface area contributed by atoms with Gasteiger partial charge < -0.3 is 14.6 Å². The number of carbonyl (C=O) groups excluding carboxylic acids is 2. The summed E-state index contributed by atoms with van der Waals surface area (Å²) in [7, 11) is 0. The van der Waals surface area contributed by atoms with Gasteiger partial charge in [0.05, 0.1) is 5.92 Å². The highest BCUT2D eigenvalue weighted by Crippen LogP contribution is 2.19. The van der Waals surface area contributed by atoms with Gasteiger partial charge in [-0.15, -0.1) is 0 Å². The first-order chi connectivity index (χ1) is 18.8. The number of aliphatic hydroxyl groups excluding tert-OH is 1. The molecule has 1 rings (SSSR count). The minimum atomic E-state index is -1.01. The van der Waals surface area contributed by atoms with Crippen molar-refractivity contribution in [3.05, 3.63) is 35.4 Å². The number of esters is 2. The Bertz CT molecular complexity index is 742. The lowest BCUT2D eigenvalue weighted by Crippen LogP contribution is -2.26. The molecule has 0 saturated carbocycles. The summed E-state index contributed by atoms with van der Waals surface area (Å²) in [6.45, 7) is 8.09. The molecule has 1 unspecified atom stereocenters. The SMILES string of the molecule is CCCCCCCCCCCCCCCCCC(=O)OC[C@H](O)COC(=O)C(C)c1ccc(CC(C)C)cc1. The highest BCUT2D eigenvalue weighted by atomic mass is 16.6. The molecule has 5 heteroatoms. The van der Waals surface area contributed by atoms with E-state index in [2.05, 4.69) is 20.8 Å². The van der Waals surface area contributed by atoms with Crippen LogP contribution in [0.1, 0.15) is 147 Å². The van der Waals surface area contributed by atoms with Crippen molar-refractivity contribution in [2.75, 3.05) is 13.2 Å². The number of aliphatic hydroxyl groups is 1. The summed E-state index contributed by atoms with van der Waals surface area (Å²) in [5.41, 5.74) is 2.13. The Hall–Kier alpha value is -1.88. The predicted molar refractivity (Wildman–Crippen MR) is 161 cm³/mol. The first-order valence-corrected chi connectivity index (χ1v) is 15.9. The largest absolute Gasteiger partial charge is 0.463 e. The molecule has 0 heterocycles. The van der Waals surface area contributed by atoms with Gasteiger partial charge in [-0.25, -0.2) is 0 Å². The molecule has 1 aromatic carbocycles. The fourth-order valence-electron chi connectivity index (χ4n) is 4.80. The van der Waals surface area contributed by atoms with Gasteiger partial charge in [0, 0.05) is 6.42 Å². The lowest BCUT2D eigenvalue weighted by molar-refractivity contribution is -0.153. The van der Waals surface area contributed by atoms with Gasteiger partial charge in [-0.1, -0.05) is 135 Å². The van der Waals surface area contributed by atoms with Gasteiger partial charge in [0.2, 0.25) is 0 Å². The van der Waals surface area contributed by atoms with Gasteiger partial charge in [0.1, 0.15) is 19.3 Å². The number of ether oxygens (including phenoxy) is 2. The average Bonchev–Trinajstić information content (AvgIpc) is 2.92. The normalized spacial score (nSPS) is 12.9. The van der Waals surface area contributed by atoms with E-state index in [0.717, 1.165) is 31.2 Å². The van der Waals surface area contributed by atoms with Crippen LogP contribution in [0.25, 0.3) is 0 Å². The van der Waals surface area contributed by atoms with Crippen LogP contribution in [0.5, 0.6) is 0 Å². The molecule has 0 amide bonds. The Labute approximate surface area is 239 Å². The van der Waals surface area contributed by atoms with E-state index in [9.17, 15) is 14.7 Å². The van der Waals surface area contributed by atoms with Crippen molar-refractivity contribution in [1.82, 2.24) is 0 Å². The second-order valence-electron chi connectivity index (χ2n) is 11.7. The molecule has 0 bridgehead atoms. The number of carbonyl (C=O) groups is 2. The highest BCUT2D eigenvalue weighted by molar-refractivity contribution is 5.77. The smallest absolute Gasteiger partial charge is 0.313 e. The molecule has 0 fully saturated rings. The van der Waals surface area contributed by atoms with Gasteiger partial charge in [0.25, 0.3) is 0 Å². The number of unbranched alkanes of at least 4 members (excludes halogenated alkanes) is 14. The standard InChI is InChI=1S/C34H58O5/c1-5-6-7-8-9-10-11-12-13-14-15-16-17-18-19-20-33(36)38-26-32(35)27-39-34(37)29(4)31-23-21-30(22-24-31)25-28(2)3/h21-24,28-29,32,35H,5-20,25-27H2,1-4H3/t29?,32-/m0/s1. The quantitative estimate of drug-likeness (QED) is 0.104. The molecule has 0 aliphatic carbocycles. The third-order valence-corrected chi connectivity index (χ3v) is 7.32. The molecule has 1 N–H and O–H groups in total. The van der Waals surface area contributed by atoms with Crippen molar-refractivity contribution in [1.29, 1.82) is 0 Å². The first-order valence-electron chi connectivity index (χ1n) is 15.9. The topological polar surface area (TPSA) is 72.8 Å². The third-order valence-electron chi connectivity index (χ3n) is 7.32. The van der Waals surface area contributed by atoms with Crippen molar-refractivity contribution in [2.24, 2.45) is 5.92 Å². The van der Waals surface area contributed by atoms with Gasteiger partial charge in [0.15, 0.2) is 0 Å². The van der Waals surface area contributed by atoms with Crippen LogP contribution in [-0.4, -0.2) is 36.4 Å². The summed E-state index contributed by atoms with van der Waals surface area (Å²) in [6, 6.07) is 8.01. The molecule has 0 aliphatic heterocycles. The maximum absolute atomic E-state index is 12.4. The fraction of sp³-hybridized carbons (Fsp3) is 0.765. The Morgan fingerprint density at radius 2 is 1.15 bits per heavy atom. The molecule has 1 aromatic rings.